The first-order valence-electron chi connectivity index (χ1n) is 5.70. The fourth-order valence-corrected chi connectivity index (χ4v) is 2.14. The second-order valence-corrected chi connectivity index (χ2v) is 5.36. The molecule has 0 radical (unpaired) electrons. The lowest BCUT2D eigenvalue weighted by Crippen LogP contribution is -2.20. The van der Waals surface area contributed by atoms with Crippen LogP contribution in [0.1, 0.15) is 15.9 Å². The predicted octanol–water partition coefficient (Wildman–Crippen LogP) is 2.18. The van der Waals surface area contributed by atoms with Crippen LogP contribution in [0.25, 0.3) is 0 Å². The van der Waals surface area contributed by atoms with Crippen LogP contribution in [0.2, 0.25) is 5.02 Å². The first-order valence-corrected chi connectivity index (χ1v) is 6.87. The molecule has 0 aliphatic rings. The van der Waals surface area contributed by atoms with Crippen LogP contribution in [-0.2, 0) is 7.05 Å². The monoisotopic (exact) mass is 371 g/mol. The Kier molecular flexibility index (Phi) is 4.49. The summed E-state index contributed by atoms with van der Waals surface area (Å²) in [4.78, 5) is 12.2. The van der Waals surface area contributed by atoms with Gasteiger partial charge in [0.05, 0.1) is 16.8 Å². The van der Waals surface area contributed by atoms with E-state index in [4.69, 9.17) is 22.5 Å². The number of amides is 1. The third-order valence-electron chi connectivity index (χ3n) is 2.74. The molecule has 9 heteroatoms. The molecule has 0 unspecified atom stereocenters. The van der Waals surface area contributed by atoms with Gasteiger partial charge in [0.2, 0.25) is 0 Å². The Labute approximate surface area is 133 Å². The molecule has 1 heterocycles. The summed E-state index contributed by atoms with van der Waals surface area (Å²) in [6.45, 7) is 0. The maximum Gasteiger partial charge on any atom is 0.256 e. The summed E-state index contributed by atoms with van der Waals surface area (Å²) in [5.74, 6) is -0.194. The van der Waals surface area contributed by atoms with Crippen LogP contribution in [-0.4, -0.2) is 26.7 Å². The number of oxime groups is 1. The number of hydrogen-bond acceptors (Lipinski definition) is 4. The Morgan fingerprint density at radius 2 is 2.29 bits per heavy atom. The highest BCUT2D eigenvalue weighted by atomic mass is 79.9. The van der Waals surface area contributed by atoms with Crippen molar-refractivity contribution in [2.75, 3.05) is 5.32 Å². The molecule has 2 aromatic rings. The van der Waals surface area contributed by atoms with Crippen LogP contribution in [0.4, 0.5) is 5.82 Å². The normalized spacial score (nSPS) is 11.5. The number of nitrogens with one attached hydrogen (secondary N) is 1. The van der Waals surface area contributed by atoms with Crippen LogP contribution < -0.4 is 11.1 Å². The van der Waals surface area contributed by atoms with Gasteiger partial charge in [0.15, 0.2) is 5.84 Å². The van der Waals surface area contributed by atoms with Gasteiger partial charge in [0, 0.05) is 17.1 Å². The maximum absolute atomic E-state index is 12.2. The van der Waals surface area contributed by atoms with Crippen molar-refractivity contribution in [3.63, 3.8) is 0 Å². The lowest BCUT2D eigenvalue weighted by Gasteiger charge is -2.08. The molecule has 0 bridgehead atoms. The van der Waals surface area contributed by atoms with Crippen LogP contribution in [0.15, 0.2) is 34.0 Å². The largest absolute Gasteiger partial charge is 0.409 e. The fraction of sp³-hybridized carbons (Fsp3) is 0.0833. The Hall–Kier alpha value is -2.06. The van der Waals surface area contributed by atoms with Crippen molar-refractivity contribution in [3.8, 4) is 0 Å². The van der Waals surface area contributed by atoms with Crippen molar-refractivity contribution in [3.05, 3.63) is 45.0 Å². The van der Waals surface area contributed by atoms with E-state index in [1.54, 1.807) is 25.2 Å². The van der Waals surface area contributed by atoms with E-state index in [1.165, 1.54) is 10.9 Å². The molecule has 0 aliphatic heterocycles. The number of rotatable bonds is 3. The molecule has 0 atom stereocenters. The summed E-state index contributed by atoms with van der Waals surface area (Å²) in [7, 11) is 1.63. The van der Waals surface area contributed by atoms with Crippen molar-refractivity contribution in [1.82, 2.24) is 9.78 Å². The zero-order valence-electron chi connectivity index (χ0n) is 10.8. The number of benzene rings is 1. The number of aryl methyl sites for hydroxylation is 1. The molecule has 1 aromatic heterocycles. The number of carbonyl (C=O) groups is 1. The summed E-state index contributed by atoms with van der Waals surface area (Å²) in [6, 6.07) is 4.79. The van der Waals surface area contributed by atoms with Gasteiger partial charge in [-0.2, -0.15) is 5.10 Å². The number of halogens is 2. The summed E-state index contributed by atoms with van der Waals surface area (Å²) >= 11 is 9.14. The Bertz CT molecular complexity index is 728. The van der Waals surface area contributed by atoms with E-state index in [0.717, 1.165) is 0 Å². The molecule has 0 saturated carbocycles. The number of amidine groups is 1. The Morgan fingerprint density at radius 3 is 2.90 bits per heavy atom. The molecule has 4 N–H and O–H groups in total. The molecule has 110 valence electrons. The van der Waals surface area contributed by atoms with Crippen molar-refractivity contribution >= 4 is 45.1 Å². The average Bonchev–Trinajstić information content (AvgIpc) is 2.82. The average molecular weight is 373 g/mol. The van der Waals surface area contributed by atoms with Gasteiger partial charge in [-0.3, -0.25) is 9.48 Å². The van der Waals surface area contributed by atoms with E-state index in [9.17, 15) is 4.79 Å². The SMILES string of the molecule is Cn1ncc(/C(N)=N/O)c1NC(=O)c1ccc(Cl)c(Br)c1. The highest BCUT2D eigenvalue weighted by Crippen LogP contribution is 2.24. The summed E-state index contributed by atoms with van der Waals surface area (Å²) in [5, 5.41) is 18.8. The maximum atomic E-state index is 12.2. The molecule has 0 fully saturated rings. The Morgan fingerprint density at radius 1 is 1.57 bits per heavy atom. The van der Waals surface area contributed by atoms with Crippen LogP contribution in [0, 0.1) is 0 Å². The minimum atomic E-state index is -0.372. The smallest absolute Gasteiger partial charge is 0.256 e. The summed E-state index contributed by atoms with van der Waals surface area (Å²) in [6.07, 6.45) is 1.39. The molecule has 2 rings (SSSR count). The van der Waals surface area contributed by atoms with Crippen molar-refractivity contribution < 1.29 is 10.0 Å². The van der Waals surface area contributed by atoms with E-state index in [1.807, 2.05) is 0 Å². The van der Waals surface area contributed by atoms with Crippen molar-refractivity contribution in [2.45, 2.75) is 0 Å². The fourth-order valence-electron chi connectivity index (χ4n) is 1.64. The number of nitrogens with zero attached hydrogens (tertiary/aromatic N) is 3. The highest BCUT2D eigenvalue weighted by Gasteiger charge is 2.16. The zero-order chi connectivity index (χ0) is 15.6. The van der Waals surface area contributed by atoms with Gasteiger partial charge in [-0.15, -0.1) is 0 Å². The van der Waals surface area contributed by atoms with Crippen molar-refractivity contribution in [2.24, 2.45) is 17.9 Å². The highest BCUT2D eigenvalue weighted by molar-refractivity contribution is 9.10. The minimum Gasteiger partial charge on any atom is -0.409 e. The van der Waals surface area contributed by atoms with Gasteiger partial charge in [-0.25, -0.2) is 0 Å². The summed E-state index contributed by atoms with van der Waals surface area (Å²) < 4.78 is 2.02. The lowest BCUT2D eigenvalue weighted by molar-refractivity contribution is 0.102. The van der Waals surface area contributed by atoms with Gasteiger partial charge in [-0.05, 0) is 34.1 Å². The van der Waals surface area contributed by atoms with Gasteiger partial charge in [0.25, 0.3) is 5.91 Å². The molecule has 21 heavy (non-hydrogen) atoms. The van der Waals surface area contributed by atoms with Crippen LogP contribution in [0.3, 0.4) is 0 Å². The Balaban J connectivity index is 2.31. The molecule has 0 aliphatic carbocycles. The van der Waals surface area contributed by atoms with Gasteiger partial charge >= 0.3 is 0 Å². The van der Waals surface area contributed by atoms with E-state index in [2.05, 4.69) is 31.5 Å². The topological polar surface area (TPSA) is 106 Å². The lowest BCUT2D eigenvalue weighted by atomic mass is 10.2. The number of carbonyl (C=O) groups excluding carboxylic acids is 1. The third kappa shape index (κ3) is 3.17. The molecule has 0 saturated heterocycles. The number of aromatic nitrogens is 2. The summed E-state index contributed by atoms with van der Waals surface area (Å²) in [5.41, 5.74) is 6.26. The molecule has 0 spiro atoms. The quantitative estimate of drug-likeness (QED) is 0.332. The number of hydrogen-bond donors (Lipinski definition) is 3. The molecule has 1 aromatic carbocycles. The van der Waals surface area contributed by atoms with Gasteiger partial charge in [0.1, 0.15) is 5.82 Å². The molecule has 7 nitrogen and oxygen atoms in total. The van der Waals surface area contributed by atoms with Gasteiger partial charge < -0.3 is 16.3 Å². The van der Waals surface area contributed by atoms with Crippen molar-refractivity contribution in [1.29, 1.82) is 0 Å². The molecular formula is C12H11BrClN5O2. The van der Waals surface area contributed by atoms with Crippen LogP contribution >= 0.6 is 27.5 Å². The first kappa shape index (κ1) is 15.3. The standard InChI is InChI=1S/C12H11BrClN5O2/c1-19-11(7(5-16-19)10(15)18-21)17-12(20)6-2-3-9(14)8(13)4-6/h2-5,21H,1H3,(H2,15,18)(H,17,20). The minimum absolute atomic E-state index is 0.143. The molecular weight excluding hydrogens is 362 g/mol. The van der Waals surface area contributed by atoms with E-state index >= 15 is 0 Å². The zero-order valence-corrected chi connectivity index (χ0v) is 13.2. The second kappa shape index (κ2) is 6.15. The first-order chi connectivity index (χ1) is 9.93. The van der Waals surface area contributed by atoms with E-state index < -0.39 is 0 Å². The van der Waals surface area contributed by atoms with Crippen LogP contribution in [0.5, 0.6) is 0 Å². The van der Waals surface area contributed by atoms with Gasteiger partial charge in [-0.1, -0.05) is 16.8 Å². The molecule has 1 amide bonds. The second-order valence-electron chi connectivity index (χ2n) is 4.10. The number of nitrogens with two attached hydrogens (primary N) is 1. The van der Waals surface area contributed by atoms with E-state index in [0.29, 0.717) is 26.4 Å². The predicted molar refractivity (Wildman–Crippen MR) is 82.8 cm³/mol. The van der Waals surface area contributed by atoms with E-state index in [-0.39, 0.29) is 11.7 Å². The third-order valence-corrected chi connectivity index (χ3v) is 3.95. The number of anilines is 1.